The molecular weight excluding hydrogens is 322 g/mol. The number of H-pyrrole nitrogens is 1. The highest BCUT2D eigenvalue weighted by molar-refractivity contribution is 5.98. The van der Waals surface area contributed by atoms with Crippen molar-refractivity contribution in [1.29, 1.82) is 0 Å². The van der Waals surface area contributed by atoms with Crippen molar-refractivity contribution in [2.24, 2.45) is 5.92 Å². The van der Waals surface area contributed by atoms with Crippen LogP contribution in [-0.2, 0) is 0 Å². The molecule has 2 aromatic heterocycles. The fourth-order valence-corrected chi connectivity index (χ4v) is 2.79. The molecule has 2 heterocycles. The zero-order valence-electron chi connectivity index (χ0n) is 14.7. The molecule has 132 valence electrons. The number of fused-ring (bicyclic) bond motifs is 3. The monoisotopic (exact) mass is 343 g/mol. The molecule has 0 aliphatic carbocycles. The highest BCUT2D eigenvalue weighted by Crippen LogP contribution is 2.16. The number of nitrogens with one attached hydrogen (secondary N) is 2. The van der Waals surface area contributed by atoms with Crippen molar-refractivity contribution in [3.05, 3.63) is 44.6 Å². The van der Waals surface area contributed by atoms with E-state index in [0.29, 0.717) is 28.9 Å². The highest BCUT2D eigenvalue weighted by Gasteiger charge is 2.18. The molecule has 1 amide bonds. The summed E-state index contributed by atoms with van der Waals surface area (Å²) < 4.78 is 2.79. The first-order valence-electron chi connectivity index (χ1n) is 8.25. The van der Waals surface area contributed by atoms with Crippen LogP contribution in [0.15, 0.2) is 27.8 Å². The summed E-state index contributed by atoms with van der Waals surface area (Å²) in [6.07, 6.45) is 0. The molecule has 3 aromatic rings. The van der Waals surface area contributed by atoms with Crippen molar-refractivity contribution >= 4 is 22.6 Å². The lowest BCUT2D eigenvalue weighted by atomic mass is 10.1. The van der Waals surface area contributed by atoms with Crippen LogP contribution in [0.3, 0.4) is 0 Å². The molecule has 0 fully saturated rings. The van der Waals surface area contributed by atoms with Crippen LogP contribution < -0.4 is 16.6 Å². The van der Waals surface area contributed by atoms with E-state index in [2.05, 4.69) is 15.5 Å². The maximum absolute atomic E-state index is 12.8. The van der Waals surface area contributed by atoms with E-state index < -0.39 is 5.69 Å². The summed E-state index contributed by atoms with van der Waals surface area (Å²) in [7, 11) is 0. The predicted molar refractivity (Wildman–Crippen MR) is 95.1 cm³/mol. The van der Waals surface area contributed by atoms with Gasteiger partial charge in [-0.15, -0.1) is 5.10 Å². The minimum atomic E-state index is -0.450. The van der Waals surface area contributed by atoms with Crippen molar-refractivity contribution in [3.63, 3.8) is 0 Å². The molecule has 25 heavy (non-hydrogen) atoms. The van der Waals surface area contributed by atoms with Crippen molar-refractivity contribution < 1.29 is 4.79 Å². The third-order valence-electron chi connectivity index (χ3n) is 4.01. The summed E-state index contributed by atoms with van der Waals surface area (Å²) in [4.78, 5) is 37.3. The Labute approximate surface area is 143 Å². The van der Waals surface area contributed by atoms with Crippen LogP contribution in [-0.4, -0.2) is 31.6 Å². The summed E-state index contributed by atoms with van der Waals surface area (Å²) in [6, 6.07) is 4.57. The summed E-state index contributed by atoms with van der Waals surface area (Å²) in [5.74, 6) is 0.316. The van der Waals surface area contributed by atoms with E-state index in [9.17, 15) is 14.4 Å². The summed E-state index contributed by atoms with van der Waals surface area (Å²) >= 11 is 0. The SMILES string of the molecule is CC(C)CNC(=O)c1ccc2c(=O)n(C(C)C)c3n[nH]c(=O)n3c2c1. The number of aromatic nitrogens is 4. The number of rotatable bonds is 4. The van der Waals surface area contributed by atoms with Crippen LogP contribution >= 0.6 is 0 Å². The number of hydrogen-bond donors (Lipinski definition) is 2. The number of hydrogen-bond acceptors (Lipinski definition) is 4. The first kappa shape index (κ1) is 16.9. The molecule has 2 N–H and O–H groups in total. The van der Waals surface area contributed by atoms with Gasteiger partial charge in [-0.1, -0.05) is 13.8 Å². The van der Waals surface area contributed by atoms with Crippen LogP contribution in [0.1, 0.15) is 44.1 Å². The average Bonchev–Trinajstić information content (AvgIpc) is 2.93. The van der Waals surface area contributed by atoms with Crippen LogP contribution in [0.25, 0.3) is 16.7 Å². The number of carbonyl (C=O) groups excluding carboxylic acids is 1. The Kier molecular flexibility index (Phi) is 4.20. The van der Waals surface area contributed by atoms with Gasteiger partial charge >= 0.3 is 5.69 Å². The molecule has 0 spiro atoms. The normalized spacial score (nSPS) is 11.8. The predicted octanol–water partition coefficient (Wildman–Crippen LogP) is 1.30. The zero-order chi connectivity index (χ0) is 18.3. The second kappa shape index (κ2) is 6.19. The molecular formula is C17H21N5O3. The molecule has 0 atom stereocenters. The van der Waals surface area contributed by atoms with E-state index in [-0.39, 0.29) is 23.3 Å². The topological polar surface area (TPSA) is 101 Å². The van der Waals surface area contributed by atoms with Gasteiger partial charge in [0.2, 0.25) is 5.78 Å². The zero-order valence-corrected chi connectivity index (χ0v) is 14.7. The summed E-state index contributed by atoms with van der Waals surface area (Å²) in [5.41, 5.74) is 0.0665. The van der Waals surface area contributed by atoms with Gasteiger partial charge in [0.25, 0.3) is 11.5 Å². The number of aromatic amines is 1. The minimum absolute atomic E-state index is 0.163. The fourth-order valence-electron chi connectivity index (χ4n) is 2.79. The second-order valence-corrected chi connectivity index (χ2v) is 6.77. The van der Waals surface area contributed by atoms with Gasteiger partial charge in [-0.2, -0.15) is 0 Å². The molecule has 0 saturated carbocycles. The molecule has 0 unspecified atom stereocenters. The Balaban J connectivity index is 2.27. The lowest BCUT2D eigenvalue weighted by molar-refractivity contribution is 0.0949. The highest BCUT2D eigenvalue weighted by atomic mass is 16.2. The number of amides is 1. The van der Waals surface area contributed by atoms with E-state index in [1.165, 1.54) is 8.97 Å². The molecule has 0 bridgehead atoms. The average molecular weight is 343 g/mol. The van der Waals surface area contributed by atoms with Crippen molar-refractivity contribution in [3.8, 4) is 0 Å². The molecule has 8 nitrogen and oxygen atoms in total. The molecule has 0 aliphatic heterocycles. The van der Waals surface area contributed by atoms with Gasteiger partial charge in [-0.25, -0.2) is 14.3 Å². The van der Waals surface area contributed by atoms with Gasteiger partial charge in [0.1, 0.15) is 0 Å². The summed E-state index contributed by atoms with van der Waals surface area (Å²) in [5, 5.41) is 9.55. The second-order valence-electron chi connectivity index (χ2n) is 6.77. The van der Waals surface area contributed by atoms with Gasteiger partial charge in [-0.3, -0.25) is 14.2 Å². The van der Waals surface area contributed by atoms with E-state index >= 15 is 0 Å². The van der Waals surface area contributed by atoms with Gasteiger partial charge in [0.05, 0.1) is 10.9 Å². The molecule has 0 radical (unpaired) electrons. The van der Waals surface area contributed by atoms with E-state index in [4.69, 9.17) is 0 Å². The van der Waals surface area contributed by atoms with E-state index in [1.54, 1.807) is 18.2 Å². The van der Waals surface area contributed by atoms with Gasteiger partial charge in [-0.05, 0) is 38.0 Å². The fraction of sp³-hybridized carbons (Fsp3) is 0.412. The largest absolute Gasteiger partial charge is 0.352 e. The smallest absolute Gasteiger partial charge is 0.349 e. The minimum Gasteiger partial charge on any atom is -0.352 e. The Bertz CT molecular complexity index is 1070. The quantitative estimate of drug-likeness (QED) is 0.745. The van der Waals surface area contributed by atoms with E-state index in [1.807, 2.05) is 27.7 Å². The number of nitrogens with zero attached hydrogens (tertiary/aromatic N) is 3. The maximum Gasteiger partial charge on any atom is 0.349 e. The first-order chi connectivity index (χ1) is 11.8. The van der Waals surface area contributed by atoms with Crippen LogP contribution in [0.5, 0.6) is 0 Å². The van der Waals surface area contributed by atoms with Gasteiger partial charge < -0.3 is 5.32 Å². The third kappa shape index (κ3) is 2.84. The molecule has 3 rings (SSSR count). The standard InChI is InChI=1S/C17H21N5O3/c1-9(2)8-18-14(23)11-5-6-12-13(7-11)22-16(19-20-17(22)25)21(10(3)4)15(12)24/h5-7,9-10H,8H2,1-4H3,(H,18,23)(H,20,25). The van der Waals surface area contributed by atoms with Crippen LogP contribution in [0.4, 0.5) is 0 Å². The Morgan fingerprint density at radius 2 is 1.96 bits per heavy atom. The van der Waals surface area contributed by atoms with Crippen molar-refractivity contribution in [1.82, 2.24) is 24.5 Å². The van der Waals surface area contributed by atoms with Crippen molar-refractivity contribution in [2.75, 3.05) is 6.54 Å². The molecule has 1 aromatic carbocycles. The van der Waals surface area contributed by atoms with Gasteiger partial charge in [0, 0.05) is 18.2 Å². The number of benzene rings is 1. The first-order valence-corrected chi connectivity index (χ1v) is 8.25. The number of carbonyl (C=O) groups is 1. The molecule has 8 heteroatoms. The Morgan fingerprint density at radius 1 is 1.24 bits per heavy atom. The Morgan fingerprint density at radius 3 is 2.60 bits per heavy atom. The Hall–Kier alpha value is -2.90. The van der Waals surface area contributed by atoms with Gasteiger partial charge in [0.15, 0.2) is 0 Å². The van der Waals surface area contributed by atoms with E-state index in [0.717, 1.165) is 0 Å². The molecule has 0 saturated heterocycles. The molecule has 0 aliphatic rings. The third-order valence-corrected chi connectivity index (χ3v) is 4.01. The summed E-state index contributed by atoms with van der Waals surface area (Å²) in [6.45, 7) is 8.25. The van der Waals surface area contributed by atoms with Crippen LogP contribution in [0.2, 0.25) is 0 Å². The lowest BCUT2D eigenvalue weighted by Gasteiger charge is -2.13. The van der Waals surface area contributed by atoms with Crippen LogP contribution in [0, 0.1) is 5.92 Å². The lowest BCUT2D eigenvalue weighted by Crippen LogP contribution is -2.29. The van der Waals surface area contributed by atoms with Crippen molar-refractivity contribution in [2.45, 2.75) is 33.7 Å². The maximum atomic E-state index is 12.8.